The molecule has 0 amide bonds. The van der Waals surface area contributed by atoms with Crippen LogP contribution in [0.5, 0.6) is 11.5 Å². The highest BCUT2D eigenvalue weighted by Gasteiger charge is 2.23. The van der Waals surface area contributed by atoms with Crippen LogP contribution >= 0.6 is 11.3 Å². The van der Waals surface area contributed by atoms with Crippen LogP contribution in [0.15, 0.2) is 27.8 Å². The second kappa shape index (κ2) is 5.52. The van der Waals surface area contributed by atoms with Crippen LogP contribution in [0, 0.1) is 0 Å². The Morgan fingerprint density at radius 2 is 2.00 bits per heavy atom. The Bertz CT molecular complexity index is 1060. The van der Waals surface area contributed by atoms with Gasteiger partial charge in [-0.2, -0.15) is 0 Å². The largest absolute Gasteiger partial charge is 0.497 e. The quantitative estimate of drug-likeness (QED) is 0.791. The van der Waals surface area contributed by atoms with Gasteiger partial charge in [0.1, 0.15) is 16.3 Å². The standard InChI is InChI=1S/C17H16N2O4S/c1-22-9-6-7-11(12(8-9)23-2)19-16(20)14-10-4-3-5-13(10)24-15(14)18-17(19)21/h6-8H,3-5H2,1-2H3,(H,18,21). The number of thiophene rings is 1. The van der Waals surface area contributed by atoms with E-state index in [0.717, 1.165) is 29.4 Å². The fourth-order valence-corrected chi connectivity index (χ4v) is 4.54. The molecule has 7 heteroatoms. The summed E-state index contributed by atoms with van der Waals surface area (Å²) in [5, 5.41) is 0.630. The number of rotatable bonds is 3. The Hall–Kier alpha value is -2.54. The fraction of sp³-hybridized carbons (Fsp3) is 0.294. The van der Waals surface area contributed by atoms with Gasteiger partial charge in [-0.1, -0.05) is 0 Å². The van der Waals surface area contributed by atoms with Crippen LogP contribution in [-0.2, 0) is 12.8 Å². The van der Waals surface area contributed by atoms with Gasteiger partial charge >= 0.3 is 5.69 Å². The Kier molecular flexibility index (Phi) is 3.45. The summed E-state index contributed by atoms with van der Waals surface area (Å²) in [6.45, 7) is 0. The topological polar surface area (TPSA) is 73.3 Å². The second-order valence-corrected chi connectivity index (χ2v) is 6.78. The van der Waals surface area contributed by atoms with Gasteiger partial charge in [0.2, 0.25) is 0 Å². The number of benzene rings is 1. The lowest BCUT2D eigenvalue weighted by Gasteiger charge is -2.11. The summed E-state index contributed by atoms with van der Waals surface area (Å²) in [5.41, 5.74) is 0.731. The first-order valence-corrected chi connectivity index (χ1v) is 8.47. The Balaban J connectivity index is 2.04. The molecule has 2 aromatic heterocycles. The van der Waals surface area contributed by atoms with Crippen LogP contribution in [0.2, 0.25) is 0 Å². The van der Waals surface area contributed by atoms with Crippen molar-refractivity contribution in [3.05, 3.63) is 49.5 Å². The summed E-state index contributed by atoms with van der Waals surface area (Å²) in [4.78, 5) is 30.3. The zero-order chi connectivity index (χ0) is 16.8. The molecule has 0 atom stereocenters. The van der Waals surface area contributed by atoms with Gasteiger partial charge in [0.05, 0.1) is 25.3 Å². The van der Waals surface area contributed by atoms with Crippen LogP contribution in [0.3, 0.4) is 0 Å². The van der Waals surface area contributed by atoms with Crippen molar-refractivity contribution in [3.8, 4) is 17.2 Å². The minimum absolute atomic E-state index is 0.295. The van der Waals surface area contributed by atoms with Crippen LogP contribution in [-0.4, -0.2) is 23.8 Å². The van der Waals surface area contributed by atoms with Crippen molar-refractivity contribution in [2.24, 2.45) is 0 Å². The molecule has 24 heavy (non-hydrogen) atoms. The third-order valence-corrected chi connectivity index (χ3v) is 5.60. The molecule has 124 valence electrons. The maximum absolute atomic E-state index is 13.1. The summed E-state index contributed by atoms with van der Waals surface area (Å²) in [5.74, 6) is 1.01. The summed E-state index contributed by atoms with van der Waals surface area (Å²) in [6, 6.07) is 5.02. The number of fused-ring (bicyclic) bond motifs is 3. The average Bonchev–Trinajstić information content (AvgIpc) is 3.15. The number of methoxy groups -OCH3 is 2. The molecule has 0 fully saturated rings. The molecule has 1 aromatic carbocycles. The number of ether oxygens (including phenoxy) is 2. The molecular formula is C17H16N2O4S. The van der Waals surface area contributed by atoms with Crippen molar-refractivity contribution in [1.29, 1.82) is 0 Å². The molecule has 1 N–H and O–H groups in total. The first-order chi connectivity index (χ1) is 11.6. The molecule has 0 bridgehead atoms. The summed E-state index contributed by atoms with van der Waals surface area (Å²) >= 11 is 1.51. The lowest BCUT2D eigenvalue weighted by molar-refractivity contribution is 0.392. The maximum Gasteiger partial charge on any atom is 0.334 e. The van der Waals surface area contributed by atoms with E-state index in [-0.39, 0.29) is 5.56 Å². The van der Waals surface area contributed by atoms with E-state index in [1.54, 1.807) is 25.3 Å². The molecule has 0 saturated heterocycles. The molecule has 1 aliphatic rings. The van der Waals surface area contributed by atoms with Gasteiger partial charge in [-0.15, -0.1) is 11.3 Å². The Morgan fingerprint density at radius 3 is 2.75 bits per heavy atom. The van der Waals surface area contributed by atoms with Crippen LogP contribution in [0.4, 0.5) is 0 Å². The minimum atomic E-state index is -0.462. The highest BCUT2D eigenvalue weighted by molar-refractivity contribution is 7.18. The van der Waals surface area contributed by atoms with Crippen LogP contribution in [0.25, 0.3) is 15.9 Å². The van der Waals surface area contributed by atoms with E-state index in [0.29, 0.717) is 27.4 Å². The van der Waals surface area contributed by atoms with Crippen molar-refractivity contribution in [1.82, 2.24) is 9.55 Å². The van der Waals surface area contributed by atoms with Crippen molar-refractivity contribution in [2.45, 2.75) is 19.3 Å². The van der Waals surface area contributed by atoms with Crippen molar-refractivity contribution >= 4 is 21.6 Å². The molecule has 6 nitrogen and oxygen atoms in total. The monoisotopic (exact) mass is 344 g/mol. The van der Waals surface area contributed by atoms with Crippen molar-refractivity contribution in [2.75, 3.05) is 14.2 Å². The van der Waals surface area contributed by atoms with Gasteiger partial charge in [0, 0.05) is 10.9 Å². The second-order valence-electron chi connectivity index (χ2n) is 5.67. The lowest BCUT2D eigenvalue weighted by Crippen LogP contribution is -2.33. The molecule has 0 saturated carbocycles. The highest BCUT2D eigenvalue weighted by Crippen LogP contribution is 2.34. The summed E-state index contributed by atoms with van der Waals surface area (Å²) in [6.07, 6.45) is 2.92. The number of nitrogens with zero attached hydrogens (tertiary/aromatic N) is 1. The summed E-state index contributed by atoms with van der Waals surface area (Å²) in [7, 11) is 3.05. The molecule has 0 aliphatic heterocycles. The fourth-order valence-electron chi connectivity index (χ4n) is 3.26. The molecule has 1 aliphatic carbocycles. The third-order valence-electron chi connectivity index (χ3n) is 4.39. The molecule has 3 aromatic rings. The number of aromatic nitrogens is 2. The average molecular weight is 344 g/mol. The molecule has 0 spiro atoms. The van der Waals surface area contributed by atoms with E-state index in [1.165, 1.54) is 23.3 Å². The van der Waals surface area contributed by atoms with Crippen LogP contribution in [0.1, 0.15) is 16.9 Å². The summed E-state index contributed by atoms with van der Waals surface area (Å²) < 4.78 is 11.7. The Labute approximate surface area is 141 Å². The Morgan fingerprint density at radius 1 is 1.17 bits per heavy atom. The van der Waals surface area contributed by atoms with Gasteiger partial charge < -0.3 is 9.47 Å². The van der Waals surface area contributed by atoms with E-state index >= 15 is 0 Å². The van der Waals surface area contributed by atoms with Gasteiger partial charge in [-0.3, -0.25) is 9.78 Å². The van der Waals surface area contributed by atoms with Gasteiger partial charge in [0.25, 0.3) is 5.56 Å². The normalized spacial score (nSPS) is 13.2. The van der Waals surface area contributed by atoms with E-state index < -0.39 is 5.69 Å². The minimum Gasteiger partial charge on any atom is -0.497 e. The number of hydrogen-bond donors (Lipinski definition) is 1. The smallest absolute Gasteiger partial charge is 0.334 e. The zero-order valence-corrected chi connectivity index (χ0v) is 14.2. The SMILES string of the molecule is COc1ccc(-n2c(=O)[nH]c3sc4c(c3c2=O)CCC4)c(OC)c1. The lowest BCUT2D eigenvalue weighted by atomic mass is 10.2. The van der Waals surface area contributed by atoms with Crippen LogP contribution < -0.4 is 20.7 Å². The first-order valence-electron chi connectivity index (χ1n) is 7.66. The predicted molar refractivity (Wildman–Crippen MR) is 93.2 cm³/mol. The van der Waals surface area contributed by atoms with Gasteiger partial charge in [-0.25, -0.2) is 9.36 Å². The number of aromatic amines is 1. The van der Waals surface area contributed by atoms with E-state index in [2.05, 4.69) is 4.98 Å². The molecule has 2 heterocycles. The number of nitrogens with one attached hydrogen (secondary N) is 1. The zero-order valence-electron chi connectivity index (χ0n) is 13.3. The van der Waals surface area contributed by atoms with Crippen molar-refractivity contribution in [3.63, 3.8) is 0 Å². The first kappa shape index (κ1) is 15.0. The molecule has 0 radical (unpaired) electrons. The molecule has 4 rings (SSSR count). The number of aryl methyl sites for hydroxylation is 2. The van der Waals surface area contributed by atoms with Gasteiger partial charge in [-0.05, 0) is 37.0 Å². The number of H-pyrrole nitrogens is 1. The van der Waals surface area contributed by atoms with Gasteiger partial charge in [0.15, 0.2) is 0 Å². The van der Waals surface area contributed by atoms with Crippen molar-refractivity contribution < 1.29 is 9.47 Å². The van der Waals surface area contributed by atoms with E-state index in [1.807, 2.05) is 0 Å². The molecular weight excluding hydrogens is 328 g/mol. The number of hydrogen-bond acceptors (Lipinski definition) is 5. The van der Waals surface area contributed by atoms with E-state index in [9.17, 15) is 9.59 Å². The molecule has 0 unspecified atom stereocenters. The maximum atomic E-state index is 13.1. The third kappa shape index (κ3) is 2.08. The van der Waals surface area contributed by atoms with E-state index in [4.69, 9.17) is 9.47 Å². The highest BCUT2D eigenvalue weighted by atomic mass is 32.1. The predicted octanol–water partition coefficient (Wildman–Crippen LogP) is 2.25.